The van der Waals surface area contributed by atoms with Crippen molar-refractivity contribution in [1.82, 2.24) is 19.2 Å². The number of nitrogens with zero attached hydrogens (tertiary/aromatic N) is 6. The molecule has 0 amide bonds. The molecular weight excluding hydrogens is 450 g/mol. The molecule has 6 rings (SSSR count). The molecule has 8 heteroatoms. The molecule has 0 saturated heterocycles. The number of aliphatic imine (C=N–C) groups is 1. The van der Waals surface area contributed by atoms with Crippen LogP contribution < -0.4 is 15.4 Å². The van der Waals surface area contributed by atoms with Gasteiger partial charge in [0.2, 0.25) is 5.96 Å². The molecule has 8 nitrogen and oxygen atoms in total. The summed E-state index contributed by atoms with van der Waals surface area (Å²) < 4.78 is 9.77. The van der Waals surface area contributed by atoms with E-state index < -0.39 is 0 Å². The Labute approximate surface area is 208 Å². The summed E-state index contributed by atoms with van der Waals surface area (Å²) in [6.07, 6.45) is 7.77. The highest BCUT2D eigenvalue weighted by atomic mass is 16.5. The lowest BCUT2D eigenvalue weighted by Crippen LogP contribution is -2.39. The molecule has 0 aliphatic carbocycles. The second-order valence-corrected chi connectivity index (χ2v) is 8.58. The molecule has 0 fully saturated rings. The number of benzene rings is 2. The second kappa shape index (κ2) is 9.07. The highest BCUT2D eigenvalue weighted by Gasteiger charge is 2.23. The molecule has 5 aromatic rings. The van der Waals surface area contributed by atoms with Crippen LogP contribution in [0, 0.1) is 0 Å². The lowest BCUT2D eigenvalue weighted by molar-refractivity contribution is 0.306. The molecule has 0 saturated carbocycles. The van der Waals surface area contributed by atoms with Gasteiger partial charge in [0.15, 0.2) is 0 Å². The highest BCUT2D eigenvalue weighted by Crippen LogP contribution is 2.33. The average molecular weight is 476 g/mol. The van der Waals surface area contributed by atoms with Crippen LogP contribution in [0.2, 0.25) is 0 Å². The van der Waals surface area contributed by atoms with E-state index in [1.807, 2.05) is 85.0 Å². The van der Waals surface area contributed by atoms with Crippen molar-refractivity contribution in [2.24, 2.45) is 17.8 Å². The first-order valence-electron chi connectivity index (χ1n) is 11.7. The van der Waals surface area contributed by atoms with Crippen LogP contribution in [0.3, 0.4) is 0 Å². The topological polar surface area (TPSA) is 86.0 Å². The molecule has 2 aromatic carbocycles. The Morgan fingerprint density at radius 3 is 2.53 bits per heavy atom. The predicted octanol–water partition coefficient (Wildman–Crippen LogP) is 4.49. The highest BCUT2D eigenvalue weighted by molar-refractivity contribution is 6.00. The minimum absolute atomic E-state index is 0.419. The van der Waals surface area contributed by atoms with Crippen molar-refractivity contribution in [3.63, 3.8) is 0 Å². The first kappa shape index (κ1) is 21.7. The molecule has 0 radical (unpaired) electrons. The number of aromatic nitrogens is 4. The van der Waals surface area contributed by atoms with Crippen LogP contribution in [-0.2, 0) is 13.7 Å². The fourth-order valence-electron chi connectivity index (χ4n) is 4.33. The number of ether oxygens (including phenoxy) is 1. The van der Waals surface area contributed by atoms with Crippen molar-refractivity contribution in [2.45, 2.75) is 6.61 Å². The van der Waals surface area contributed by atoms with Crippen LogP contribution in [0.1, 0.15) is 11.3 Å². The van der Waals surface area contributed by atoms with Crippen molar-refractivity contribution >= 4 is 23.0 Å². The van der Waals surface area contributed by atoms with Gasteiger partial charge in [-0.05, 0) is 48.0 Å². The molecule has 3 aromatic heterocycles. The third kappa shape index (κ3) is 4.09. The molecule has 2 N–H and O–H groups in total. The smallest absolute Gasteiger partial charge is 0.201 e. The third-order valence-electron chi connectivity index (χ3n) is 6.13. The number of hydrogen-bond donors (Lipinski definition) is 1. The van der Waals surface area contributed by atoms with E-state index in [9.17, 15) is 0 Å². The maximum absolute atomic E-state index is 6.40. The van der Waals surface area contributed by atoms with Gasteiger partial charge < -0.3 is 15.4 Å². The van der Waals surface area contributed by atoms with Crippen LogP contribution in [0.15, 0.2) is 102 Å². The number of guanidine groups is 1. The molecule has 0 spiro atoms. The van der Waals surface area contributed by atoms with Crippen molar-refractivity contribution in [3.8, 4) is 17.0 Å². The van der Waals surface area contributed by atoms with E-state index in [-0.39, 0.29) is 0 Å². The first-order chi connectivity index (χ1) is 17.7. The summed E-state index contributed by atoms with van der Waals surface area (Å²) in [5.41, 5.74) is 12.8. The van der Waals surface area contributed by atoms with E-state index in [0.717, 1.165) is 45.3 Å². The maximum atomic E-state index is 6.40. The quantitative estimate of drug-likeness (QED) is 0.391. The second-order valence-electron chi connectivity index (χ2n) is 8.58. The number of rotatable bonds is 6. The summed E-state index contributed by atoms with van der Waals surface area (Å²) in [6.45, 7) is 1.11. The lowest BCUT2D eigenvalue weighted by atomic mass is 10.1. The van der Waals surface area contributed by atoms with Crippen LogP contribution in [-0.4, -0.2) is 31.7 Å². The van der Waals surface area contributed by atoms with Crippen LogP contribution >= 0.6 is 0 Å². The predicted molar refractivity (Wildman–Crippen MR) is 142 cm³/mol. The summed E-state index contributed by atoms with van der Waals surface area (Å²) in [5.74, 6) is 1.22. The molecule has 178 valence electrons. The van der Waals surface area contributed by atoms with Gasteiger partial charge in [0.05, 0.1) is 29.0 Å². The van der Waals surface area contributed by atoms with Crippen molar-refractivity contribution in [3.05, 3.63) is 109 Å². The summed E-state index contributed by atoms with van der Waals surface area (Å²) in [4.78, 5) is 11.6. The van der Waals surface area contributed by atoms with Gasteiger partial charge >= 0.3 is 0 Å². The van der Waals surface area contributed by atoms with Crippen molar-refractivity contribution < 1.29 is 4.74 Å². The number of aryl methyl sites for hydroxylation is 1. The van der Waals surface area contributed by atoms with Crippen molar-refractivity contribution in [2.75, 3.05) is 11.4 Å². The monoisotopic (exact) mass is 475 g/mol. The summed E-state index contributed by atoms with van der Waals surface area (Å²) in [6, 6.07) is 24.1. The Morgan fingerprint density at radius 2 is 1.78 bits per heavy atom. The lowest BCUT2D eigenvalue weighted by Gasteiger charge is -2.24. The third-order valence-corrected chi connectivity index (χ3v) is 6.13. The minimum Gasteiger partial charge on any atom is -0.489 e. The summed E-state index contributed by atoms with van der Waals surface area (Å²) in [7, 11) is 1.88. The van der Waals surface area contributed by atoms with Gasteiger partial charge in [0.1, 0.15) is 18.0 Å². The number of anilines is 1. The molecule has 1 aliphatic heterocycles. The fraction of sp³-hybridized carbons (Fsp3) is 0.107. The fourth-order valence-corrected chi connectivity index (χ4v) is 4.33. The van der Waals surface area contributed by atoms with E-state index in [2.05, 4.69) is 27.7 Å². The van der Waals surface area contributed by atoms with Crippen LogP contribution in [0.4, 0.5) is 5.69 Å². The van der Waals surface area contributed by atoms with Crippen LogP contribution in [0.25, 0.3) is 22.6 Å². The van der Waals surface area contributed by atoms with Gasteiger partial charge in [-0.25, -0.2) is 9.98 Å². The zero-order valence-corrected chi connectivity index (χ0v) is 19.8. The SMILES string of the molecule is Cn1cc(N2CC=C(c3c(-c4ccc(OCc5ccccc5)cc4)nc4ccccn34)N=C2N)cn1. The van der Waals surface area contributed by atoms with E-state index in [1.165, 1.54) is 0 Å². The zero-order valence-electron chi connectivity index (χ0n) is 19.8. The van der Waals surface area contributed by atoms with Gasteiger partial charge in [-0.2, -0.15) is 5.10 Å². The number of nitrogens with two attached hydrogens (primary N) is 1. The Balaban J connectivity index is 1.32. The van der Waals surface area contributed by atoms with E-state index >= 15 is 0 Å². The Bertz CT molecular complexity index is 1580. The van der Waals surface area contributed by atoms with E-state index in [1.54, 1.807) is 10.9 Å². The van der Waals surface area contributed by atoms with Gasteiger partial charge in [0.25, 0.3) is 0 Å². The van der Waals surface area contributed by atoms with Gasteiger partial charge in [0, 0.05) is 31.5 Å². The Hall–Kier alpha value is -4.85. The molecule has 1 aliphatic rings. The molecule has 36 heavy (non-hydrogen) atoms. The van der Waals surface area contributed by atoms with Gasteiger partial charge in [-0.15, -0.1) is 0 Å². The number of imidazole rings is 1. The molecule has 4 heterocycles. The minimum atomic E-state index is 0.419. The van der Waals surface area contributed by atoms with Crippen molar-refractivity contribution in [1.29, 1.82) is 0 Å². The maximum Gasteiger partial charge on any atom is 0.201 e. The van der Waals surface area contributed by atoms with Gasteiger partial charge in [-0.1, -0.05) is 36.4 Å². The molecular formula is C28H25N7O. The summed E-state index contributed by atoms with van der Waals surface area (Å²) >= 11 is 0. The summed E-state index contributed by atoms with van der Waals surface area (Å²) in [5, 5.41) is 4.25. The van der Waals surface area contributed by atoms with E-state index in [4.69, 9.17) is 20.4 Å². The van der Waals surface area contributed by atoms with E-state index in [0.29, 0.717) is 19.1 Å². The largest absolute Gasteiger partial charge is 0.489 e. The zero-order chi connectivity index (χ0) is 24.5. The average Bonchev–Trinajstić information content (AvgIpc) is 3.52. The van der Waals surface area contributed by atoms with Gasteiger partial charge in [-0.3, -0.25) is 9.08 Å². The number of pyridine rings is 1. The molecule has 0 atom stereocenters. The normalized spacial score (nSPS) is 13.5. The standard InChI is InChI=1S/C28H25N7O/c1-33-18-22(17-30-33)34-16-14-24(31-28(34)29)27-26(32-25-9-5-6-15-35(25)27)21-10-12-23(13-11-21)36-19-20-7-3-2-4-8-20/h2-15,17-18H,16,19H2,1H3,(H2,29,31). The van der Waals surface area contributed by atoms with Crippen LogP contribution in [0.5, 0.6) is 5.75 Å². The molecule has 0 unspecified atom stereocenters. The number of hydrogen-bond acceptors (Lipinski definition) is 6. The first-order valence-corrected chi connectivity index (χ1v) is 11.7. The Morgan fingerprint density at radius 1 is 0.972 bits per heavy atom. The Kier molecular flexibility index (Phi) is 5.46. The number of fused-ring (bicyclic) bond motifs is 1. The molecule has 0 bridgehead atoms.